The second kappa shape index (κ2) is 5.75. The number of fused-ring (bicyclic) bond motifs is 1. The van der Waals surface area contributed by atoms with E-state index in [-0.39, 0.29) is 11.7 Å². The van der Waals surface area contributed by atoms with E-state index in [1.165, 1.54) is 0 Å². The summed E-state index contributed by atoms with van der Waals surface area (Å²) in [7, 11) is 0. The van der Waals surface area contributed by atoms with E-state index in [0.29, 0.717) is 18.8 Å². The summed E-state index contributed by atoms with van der Waals surface area (Å²) in [4.78, 5) is 12.1. The molecule has 5 nitrogen and oxygen atoms in total. The Bertz CT molecular complexity index is 640. The van der Waals surface area contributed by atoms with Gasteiger partial charge in [0.2, 0.25) is 0 Å². The maximum Gasteiger partial charge on any atom is 0.263 e. The molecule has 0 spiro atoms. The number of amides is 1. The molecule has 0 bridgehead atoms. The normalized spacial score (nSPS) is 16.3. The van der Waals surface area contributed by atoms with Gasteiger partial charge in [-0.05, 0) is 29.8 Å². The van der Waals surface area contributed by atoms with Crippen molar-refractivity contribution < 1.29 is 14.6 Å². The Balaban J connectivity index is 1.58. The van der Waals surface area contributed by atoms with Crippen molar-refractivity contribution in [1.82, 2.24) is 5.32 Å². The smallest absolute Gasteiger partial charge is 0.263 e. The topological polar surface area (TPSA) is 70.6 Å². The van der Waals surface area contributed by atoms with Crippen LogP contribution in [0.4, 0.5) is 5.69 Å². The van der Waals surface area contributed by atoms with Gasteiger partial charge in [0, 0.05) is 6.54 Å². The van der Waals surface area contributed by atoms with Gasteiger partial charge in [-0.15, -0.1) is 0 Å². The number of carbonyl (C=O) groups excluding carboxylic acids is 1. The molecule has 0 saturated carbocycles. The lowest BCUT2D eigenvalue weighted by molar-refractivity contribution is -0.127. The maximum atomic E-state index is 12.1. The lowest BCUT2D eigenvalue weighted by atomic mass is 10.2. The van der Waals surface area contributed by atoms with Crippen molar-refractivity contribution in [1.29, 1.82) is 0 Å². The first-order chi connectivity index (χ1) is 10.2. The Morgan fingerprint density at radius 1 is 1.24 bits per heavy atom. The number of nitrogens with one attached hydrogen (secondary N) is 2. The van der Waals surface area contributed by atoms with Crippen LogP contribution in [0.3, 0.4) is 0 Å². The van der Waals surface area contributed by atoms with Gasteiger partial charge in [-0.25, -0.2) is 0 Å². The van der Waals surface area contributed by atoms with Crippen LogP contribution in [0, 0.1) is 0 Å². The fraction of sp³-hybridized carbons (Fsp3) is 0.188. The number of hydrogen-bond donors (Lipinski definition) is 3. The van der Waals surface area contributed by atoms with E-state index in [9.17, 15) is 9.90 Å². The summed E-state index contributed by atoms with van der Waals surface area (Å²) >= 11 is 0. The number of phenolic OH excluding ortho intramolecular Hbond substituents is 1. The zero-order chi connectivity index (χ0) is 14.7. The highest BCUT2D eigenvalue weighted by atomic mass is 16.5. The third-order valence-electron chi connectivity index (χ3n) is 3.33. The highest BCUT2D eigenvalue weighted by Gasteiger charge is 2.25. The Kier molecular flexibility index (Phi) is 3.64. The van der Waals surface area contributed by atoms with Crippen molar-refractivity contribution in [3.8, 4) is 11.5 Å². The average molecular weight is 284 g/mol. The zero-order valence-electron chi connectivity index (χ0n) is 11.4. The molecule has 1 aliphatic heterocycles. The van der Waals surface area contributed by atoms with Crippen LogP contribution < -0.4 is 15.4 Å². The number of rotatable bonds is 3. The van der Waals surface area contributed by atoms with Crippen LogP contribution in [0.25, 0.3) is 0 Å². The zero-order valence-corrected chi connectivity index (χ0v) is 11.4. The molecule has 2 aromatic carbocycles. The molecule has 1 aliphatic rings. The van der Waals surface area contributed by atoms with E-state index < -0.39 is 6.10 Å². The van der Waals surface area contributed by atoms with Gasteiger partial charge in [-0.1, -0.05) is 24.3 Å². The molecule has 21 heavy (non-hydrogen) atoms. The van der Waals surface area contributed by atoms with Gasteiger partial charge in [0.1, 0.15) is 11.5 Å². The van der Waals surface area contributed by atoms with Crippen LogP contribution in [-0.4, -0.2) is 23.7 Å². The maximum absolute atomic E-state index is 12.1. The third-order valence-corrected chi connectivity index (χ3v) is 3.33. The minimum absolute atomic E-state index is 0.162. The molecule has 0 radical (unpaired) electrons. The summed E-state index contributed by atoms with van der Waals surface area (Å²) in [5.41, 5.74) is 1.82. The largest absolute Gasteiger partial charge is 0.508 e. The first-order valence-corrected chi connectivity index (χ1v) is 6.77. The second-order valence-electron chi connectivity index (χ2n) is 4.87. The quantitative estimate of drug-likeness (QED) is 0.805. The van der Waals surface area contributed by atoms with Crippen molar-refractivity contribution in [2.75, 3.05) is 11.9 Å². The summed E-state index contributed by atoms with van der Waals surface area (Å²) in [5.74, 6) is 0.736. The molecule has 0 aromatic heterocycles. The number of anilines is 1. The fourth-order valence-corrected chi connectivity index (χ4v) is 2.18. The SMILES string of the molecule is O=C(NCc1ccc(O)cc1)C1CNc2ccccc2O1. The third kappa shape index (κ3) is 3.08. The predicted octanol–water partition coefficient (Wildman–Crippen LogP) is 1.88. The van der Waals surface area contributed by atoms with E-state index in [1.807, 2.05) is 24.3 Å². The first kappa shape index (κ1) is 13.3. The van der Waals surface area contributed by atoms with Crippen molar-refractivity contribution in [2.24, 2.45) is 0 Å². The number of benzene rings is 2. The number of hydrogen-bond acceptors (Lipinski definition) is 4. The molecule has 1 amide bonds. The predicted molar refractivity (Wildman–Crippen MR) is 79.3 cm³/mol. The van der Waals surface area contributed by atoms with E-state index in [1.54, 1.807) is 24.3 Å². The van der Waals surface area contributed by atoms with Crippen LogP contribution in [0.2, 0.25) is 0 Å². The standard InChI is InChI=1S/C16H16N2O3/c19-12-7-5-11(6-8-12)9-18-16(20)15-10-17-13-3-1-2-4-14(13)21-15/h1-8,15,17,19H,9-10H2,(H,18,20). The van der Waals surface area contributed by atoms with Crippen molar-refractivity contribution in [2.45, 2.75) is 12.6 Å². The number of para-hydroxylation sites is 2. The fourth-order valence-electron chi connectivity index (χ4n) is 2.18. The molecule has 1 heterocycles. The van der Waals surface area contributed by atoms with Crippen LogP contribution in [0.15, 0.2) is 48.5 Å². The number of aromatic hydroxyl groups is 1. The van der Waals surface area contributed by atoms with Gasteiger partial charge in [-0.3, -0.25) is 4.79 Å². The van der Waals surface area contributed by atoms with Crippen molar-refractivity contribution >= 4 is 11.6 Å². The van der Waals surface area contributed by atoms with Gasteiger partial charge in [0.05, 0.1) is 12.2 Å². The number of phenols is 1. The van der Waals surface area contributed by atoms with Gasteiger partial charge in [0.25, 0.3) is 5.91 Å². The molecule has 1 atom stereocenters. The summed E-state index contributed by atoms with van der Waals surface area (Å²) < 4.78 is 5.69. The highest BCUT2D eigenvalue weighted by Crippen LogP contribution is 2.28. The van der Waals surface area contributed by atoms with E-state index in [2.05, 4.69) is 10.6 Å². The molecule has 0 fully saturated rings. The Morgan fingerprint density at radius 2 is 2.00 bits per heavy atom. The molecule has 0 saturated heterocycles. The summed E-state index contributed by atoms with van der Waals surface area (Å²) in [6, 6.07) is 14.3. The second-order valence-corrected chi connectivity index (χ2v) is 4.87. The molecular formula is C16H16N2O3. The number of carbonyl (C=O) groups is 1. The lowest BCUT2D eigenvalue weighted by Gasteiger charge is -2.26. The minimum atomic E-state index is -0.544. The molecule has 3 rings (SSSR count). The van der Waals surface area contributed by atoms with Gasteiger partial charge >= 0.3 is 0 Å². The lowest BCUT2D eigenvalue weighted by Crippen LogP contribution is -2.44. The Hall–Kier alpha value is -2.69. The monoisotopic (exact) mass is 284 g/mol. The van der Waals surface area contributed by atoms with Gasteiger partial charge < -0.3 is 20.5 Å². The van der Waals surface area contributed by atoms with Gasteiger partial charge in [-0.2, -0.15) is 0 Å². The van der Waals surface area contributed by atoms with Crippen LogP contribution in [0.5, 0.6) is 11.5 Å². The van der Waals surface area contributed by atoms with E-state index >= 15 is 0 Å². The molecule has 2 aromatic rings. The molecule has 1 unspecified atom stereocenters. The minimum Gasteiger partial charge on any atom is -0.508 e. The summed E-state index contributed by atoms with van der Waals surface area (Å²) in [6.45, 7) is 0.846. The van der Waals surface area contributed by atoms with Gasteiger partial charge in [0.15, 0.2) is 6.10 Å². The Labute approximate surface area is 122 Å². The molecule has 108 valence electrons. The molecular weight excluding hydrogens is 268 g/mol. The van der Waals surface area contributed by atoms with Crippen LogP contribution in [0.1, 0.15) is 5.56 Å². The van der Waals surface area contributed by atoms with E-state index in [0.717, 1.165) is 11.3 Å². The van der Waals surface area contributed by atoms with Crippen LogP contribution >= 0.6 is 0 Å². The van der Waals surface area contributed by atoms with Crippen molar-refractivity contribution in [3.63, 3.8) is 0 Å². The first-order valence-electron chi connectivity index (χ1n) is 6.77. The Morgan fingerprint density at radius 3 is 2.81 bits per heavy atom. The number of ether oxygens (including phenoxy) is 1. The summed E-state index contributed by atoms with van der Waals surface area (Å²) in [5, 5.41) is 15.2. The molecule has 0 aliphatic carbocycles. The molecule has 5 heteroatoms. The van der Waals surface area contributed by atoms with Crippen LogP contribution in [-0.2, 0) is 11.3 Å². The molecule has 3 N–H and O–H groups in total. The van der Waals surface area contributed by atoms with E-state index in [4.69, 9.17) is 4.74 Å². The summed E-state index contributed by atoms with van der Waals surface area (Å²) in [6.07, 6.45) is -0.544. The average Bonchev–Trinajstić information content (AvgIpc) is 2.53. The highest BCUT2D eigenvalue weighted by molar-refractivity contribution is 5.83. The van der Waals surface area contributed by atoms with Crippen molar-refractivity contribution in [3.05, 3.63) is 54.1 Å².